The minimum Gasteiger partial charge on any atom is -0.496 e. The summed E-state index contributed by atoms with van der Waals surface area (Å²) in [5.41, 5.74) is 2.70. The third-order valence-electron chi connectivity index (χ3n) is 6.57. The van der Waals surface area contributed by atoms with Crippen molar-refractivity contribution in [2.75, 3.05) is 7.11 Å². The average Bonchev–Trinajstić information content (AvgIpc) is 3.37. The fourth-order valence-corrected chi connectivity index (χ4v) is 5.19. The number of benzene rings is 3. The van der Waals surface area contributed by atoms with Crippen LogP contribution in [0.1, 0.15) is 22.6 Å². The Balaban J connectivity index is 1.54. The quantitative estimate of drug-likeness (QED) is 0.235. The Bertz CT molecular complexity index is 1950. The first-order valence-electron chi connectivity index (χ1n) is 11.6. The van der Waals surface area contributed by atoms with Crippen molar-refractivity contribution in [2.24, 2.45) is 0 Å². The van der Waals surface area contributed by atoms with Crippen molar-refractivity contribution < 1.29 is 13.9 Å². The van der Waals surface area contributed by atoms with Crippen molar-refractivity contribution in [1.82, 2.24) is 19.6 Å². The number of hydrogen-bond acceptors (Lipinski definition) is 7. The third-order valence-corrected chi connectivity index (χ3v) is 7.05. The highest BCUT2D eigenvalue weighted by atomic mass is 35.5. The molecular formula is C28H16Cl2N4O4. The summed E-state index contributed by atoms with van der Waals surface area (Å²) in [7, 11) is 1.57. The lowest BCUT2D eigenvalue weighted by molar-refractivity contribution is 0.416. The molecule has 4 heterocycles. The third kappa shape index (κ3) is 3.45. The van der Waals surface area contributed by atoms with Crippen LogP contribution in [0.5, 0.6) is 17.4 Å². The van der Waals surface area contributed by atoms with Gasteiger partial charge in [0.15, 0.2) is 17.2 Å². The number of ether oxygens (including phenoxy) is 2. The molecule has 0 amide bonds. The second-order valence-electron chi connectivity index (χ2n) is 8.73. The van der Waals surface area contributed by atoms with Gasteiger partial charge in [0.05, 0.1) is 35.1 Å². The molecule has 8 nitrogen and oxygen atoms in total. The SMILES string of the molecule is COc1ccc(Cl)cc1-c1nc2c3c(ncn2n1)Oc1c(c(=O)oc2ccccc12)C3c1ccc(Cl)cc1. The summed E-state index contributed by atoms with van der Waals surface area (Å²) < 4.78 is 19.1. The van der Waals surface area contributed by atoms with Gasteiger partial charge in [-0.1, -0.05) is 47.5 Å². The van der Waals surface area contributed by atoms with Gasteiger partial charge < -0.3 is 13.9 Å². The molecule has 0 saturated heterocycles. The summed E-state index contributed by atoms with van der Waals surface area (Å²) in [6.07, 6.45) is 1.53. The highest BCUT2D eigenvalue weighted by Crippen LogP contribution is 2.49. The van der Waals surface area contributed by atoms with E-state index in [1.165, 1.54) is 6.33 Å². The van der Waals surface area contributed by atoms with Crippen LogP contribution in [-0.2, 0) is 0 Å². The fourth-order valence-electron chi connectivity index (χ4n) is 4.89. The van der Waals surface area contributed by atoms with E-state index in [9.17, 15) is 4.79 Å². The van der Waals surface area contributed by atoms with Gasteiger partial charge in [-0.2, -0.15) is 0 Å². The van der Waals surface area contributed by atoms with Crippen LogP contribution < -0.4 is 15.1 Å². The predicted octanol–water partition coefficient (Wildman–Crippen LogP) is 6.50. The van der Waals surface area contributed by atoms with Crippen LogP contribution in [-0.4, -0.2) is 26.7 Å². The molecule has 186 valence electrons. The van der Waals surface area contributed by atoms with Gasteiger partial charge in [0.2, 0.25) is 5.88 Å². The van der Waals surface area contributed by atoms with E-state index in [2.05, 4.69) is 10.1 Å². The van der Waals surface area contributed by atoms with Crippen LogP contribution in [0.2, 0.25) is 10.0 Å². The van der Waals surface area contributed by atoms with E-state index >= 15 is 0 Å². The van der Waals surface area contributed by atoms with Gasteiger partial charge in [0.1, 0.15) is 17.7 Å². The zero-order valence-corrected chi connectivity index (χ0v) is 21.2. The largest absolute Gasteiger partial charge is 0.496 e. The van der Waals surface area contributed by atoms with Crippen molar-refractivity contribution in [3.05, 3.63) is 110 Å². The van der Waals surface area contributed by atoms with Crippen LogP contribution in [0, 0.1) is 0 Å². The Hall–Kier alpha value is -4.40. The minimum absolute atomic E-state index is 0.317. The van der Waals surface area contributed by atoms with Gasteiger partial charge >= 0.3 is 5.63 Å². The van der Waals surface area contributed by atoms with Gasteiger partial charge in [-0.05, 0) is 48.0 Å². The maximum atomic E-state index is 13.5. The van der Waals surface area contributed by atoms with Crippen LogP contribution in [0.3, 0.4) is 0 Å². The topological polar surface area (TPSA) is 91.8 Å². The van der Waals surface area contributed by atoms with Crippen molar-refractivity contribution in [1.29, 1.82) is 0 Å². The fraction of sp³-hybridized carbons (Fsp3) is 0.0714. The second-order valence-corrected chi connectivity index (χ2v) is 9.60. The number of nitrogens with zero attached hydrogens (tertiary/aromatic N) is 4. The van der Waals surface area contributed by atoms with E-state index in [0.29, 0.717) is 66.6 Å². The lowest BCUT2D eigenvalue weighted by Gasteiger charge is -2.27. The van der Waals surface area contributed by atoms with E-state index in [1.54, 1.807) is 54.1 Å². The van der Waals surface area contributed by atoms with Crippen LogP contribution in [0.15, 0.2) is 82.3 Å². The Kier molecular flexibility index (Phi) is 5.14. The Labute approximate surface area is 225 Å². The van der Waals surface area contributed by atoms with Crippen molar-refractivity contribution in [2.45, 2.75) is 5.92 Å². The molecule has 0 N–H and O–H groups in total. The molecule has 1 atom stereocenters. The molecule has 38 heavy (non-hydrogen) atoms. The first-order chi connectivity index (χ1) is 18.5. The Morgan fingerprint density at radius 3 is 2.58 bits per heavy atom. The maximum Gasteiger partial charge on any atom is 0.344 e. The molecule has 0 aliphatic carbocycles. The standard InChI is InChI=1S/C28H16Cl2N4O4/c1-36-19-11-10-16(30)12-18(19)25-32-26-23-21(14-6-8-15(29)9-7-14)22-24(38-27(23)31-13-34(26)33-25)17-4-2-3-5-20(17)37-28(22)35/h2-13,21H,1H3. The smallest absolute Gasteiger partial charge is 0.344 e. The number of aromatic nitrogens is 4. The first-order valence-corrected chi connectivity index (χ1v) is 12.4. The van der Waals surface area contributed by atoms with Gasteiger partial charge in [-0.25, -0.2) is 19.3 Å². The minimum atomic E-state index is -0.610. The maximum absolute atomic E-state index is 13.5. The Morgan fingerprint density at radius 1 is 0.974 bits per heavy atom. The molecule has 0 fully saturated rings. The molecule has 3 aromatic heterocycles. The lowest BCUT2D eigenvalue weighted by atomic mass is 9.84. The molecule has 0 radical (unpaired) electrons. The molecule has 10 heteroatoms. The second kappa shape index (κ2) is 8.58. The van der Waals surface area contributed by atoms with Crippen LogP contribution in [0.4, 0.5) is 0 Å². The van der Waals surface area contributed by atoms with Crippen molar-refractivity contribution >= 4 is 39.8 Å². The summed E-state index contributed by atoms with van der Waals surface area (Å²) in [6, 6.07) is 19.7. The summed E-state index contributed by atoms with van der Waals surface area (Å²) in [5.74, 6) is 1.05. The molecule has 3 aromatic carbocycles. The molecule has 7 rings (SSSR count). The molecule has 0 saturated carbocycles. The predicted molar refractivity (Wildman–Crippen MR) is 143 cm³/mol. The number of halogens is 2. The van der Waals surface area contributed by atoms with Gasteiger partial charge in [-0.15, -0.1) is 5.10 Å². The number of rotatable bonds is 3. The van der Waals surface area contributed by atoms with Crippen LogP contribution in [0.25, 0.3) is 28.0 Å². The molecule has 1 aliphatic heterocycles. The summed E-state index contributed by atoms with van der Waals surface area (Å²) in [4.78, 5) is 22.9. The molecule has 6 aromatic rings. The van der Waals surface area contributed by atoms with Gasteiger partial charge in [0.25, 0.3) is 0 Å². The van der Waals surface area contributed by atoms with E-state index in [-0.39, 0.29) is 0 Å². The molecule has 1 aliphatic rings. The van der Waals surface area contributed by atoms with Crippen molar-refractivity contribution in [3.63, 3.8) is 0 Å². The zero-order valence-electron chi connectivity index (χ0n) is 19.7. The van der Waals surface area contributed by atoms with E-state index in [0.717, 1.165) is 5.56 Å². The first kappa shape index (κ1) is 22.8. The molecule has 1 unspecified atom stereocenters. The highest BCUT2D eigenvalue weighted by Gasteiger charge is 2.37. The van der Waals surface area contributed by atoms with Crippen molar-refractivity contribution in [3.8, 4) is 28.8 Å². The Morgan fingerprint density at radius 2 is 1.76 bits per heavy atom. The number of hydrogen-bond donors (Lipinski definition) is 0. The number of fused-ring (bicyclic) bond motifs is 6. The summed E-state index contributed by atoms with van der Waals surface area (Å²) >= 11 is 12.5. The summed E-state index contributed by atoms with van der Waals surface area (Å²) in [5, 5.41) is 6.39. The van der Waals surface area contributed by atoms with Gasteiger partial charge in [0, 0.05) is 10.0 Å². The average molecular weight is 543 g/mol. The van der Waals surface area contributed by atoms with E-state index < -0.39 is 11.5 Å². The highest BCUT2D eigenvalue weighted by molar-refractivity contribution is 6.31. The monoisotopic (exact) mass is 542 g/mol. The van der Waals surface area contributed by atoms with E-state index in [1.807, 2.05) is 24.3 Å². The zero-order chi connectivity index (χ0) is 26.0. The van der Waals surface area contributed by atoms with E-state index in [4.69, 9.17) is 42.1 Å². The summed E-state index contributed by atoms with van der Waals surface area (Å²) in [6.45, 7) is 0. The van der Waals surface area contributed by atoms with Crippen LogP contribution >= 0.6 is 23.2 Å². The molecule has 0 spiro atoms. The van der Waals surface area contributed by atoms with Gasteiger partial charge in [-0.3, -0.25) is 0 Å². The normalized spacial score (nSPS) is 14.2. The number of methoxy groups -OCH3 is 1. The number of para-hydroxylation sites is 1. The molecular weight excluding hydrogens is 527 g/mol. The lowest BCUT2D eigenvalue weighted by Crippen LogP contribution is -2.22. The molecule has 0 bridgehead atoms.